The van der Waals surface area contributed by atoms with Crippen molar-refractivity contribution < 1.29 is 9.59 Å². The van der Waals surface area contributed by atoms with Crippen molar-refractivity contribution in [2.24, 2.45) is 17.8 Å². The van der Waals surface area contributed by atoms with Crippen LogP contribution in [0, 0.1) is 17.8 Å². The number of carbonyl (C=O) groups is 2. The Morgan fingerprint density at radius 1 is 1.16 bits per heavy atom. The van der Waals surface area contributed by atoms with E-state index in [0.717, 1.165) is 42.0 Å². The van der Waals surface area contributed by atoms with Gasteiger partial charge in [-0.25, -0.2) is 9.78 Å². The Morgan fingerprint density at radius 2 is 1.80 bits per heavy atom. The summed E-state index contributed by atoms with van der Waals surface area (Å²) >= 11 is 1.36. The SMILES string of the molecule is CC(Sc1ccccn1)C(=O)NC(=O)NC12CC3CC(CC(C3)C1)C2. The zero-order valence-corrected chi connectivity index (χ0v) is 15.3. The molecule has 4 bridgehead atoms. The van der Waals surface area contributed by atoms with E-state index in [-0.39, 0.29) is 22.7 Å². The normalized spacial score (nSPS) is 33.7. The molecule has 1 unspecified atom stereocenters. The van der Waals surface area contributed by atoms with Gasteiger partial charge in [-0.3, -0.25) is 10.1 Å². The minimum atomic E-state index is -0.364. The maximum atomic E-state index is 12.4. The molecule has 5 rings (SSSR count). The van der Waals surface area contributed by atoms with Gasteiger partial charge in [0.25, 0.3) is 0 Å². The van der Waals surface area contributed by atoms with Gasteiger partial charge in [-0.1, -0.05) is 17.8 Å². The molecule has 25 heavy (non-hydrogen) atoms. The fourth-order valence-corrected chi connectivity index (χ4v) is 6.21. The Labute approximate surface area is 152 Å². The van der Waals surface area contributed by atoms with Gasteiger partial charge >= 0.3 is 6.03 Å². The molecule has 0 aromatic carbocycles. The number of rotatable bonds is 4. The minimum Gasteiger partial charge on any atom is -0.332 e. The molecule has 6 heteroatoms. The summed E-state index contributed by atoms with van der Waals surface area (Å²) in [4.78, 5) is 29.0. The second-order valence-corrected chi connectivity index (χ2v) is 9.43. The van der Waals surface area contributed by atoms with Crippen LogP contribution in [-0.4, -0.2) is 27.7 Å². The lowest BCUT2D eigenvalue weighted by atomic mass is 9.53. The smallest absolute Gasteiger partial charge is 0.321 e. The third kappa shape index (κ3) is 3.68. The van der Waals surface area contributed by atoms with Crippen LogP contribution in [0.2, 0.25) is 0 Å². The maximum absolute atomic E-state index is 12.4. The first-order valence-electron chi connectivity index (χ1n) is 9.22. The zero-order chi connectivity index (χ0) is 17.4. The van der Waals surface area contributed by atoms with Gasteiger partial charge in [0.2, 0.25) is 5.91 Å². The Hall–Kier alpha value is -1.56. The summed E-state index contributed by atoms with van der Waals surface area (Å²) in [5, 5.41) is 6.14. The van der Waals surface area contributed by atoms with Crippen molar-refractivity contribution in [2.45, 2.75) is 61.3 Å². The van der Waals surface area contributed by atoms with E-state index in [2.05, 4.69) is 15.6 Å². The molecule has 0 spiro atoms. The van der Waals surface area contributed by atoms with Crippen molar-refractivity contribution in [3.05, 3.63) is 24.4 Å². The number of pyridine rings is 1. The molecule has 0 radical (unpaired) electrons. The average Bonchev–Trinajstić information content (AvgIpc) is 2.53. The third-order valence-corrected chi connectivity index (χ3v) is 7.01. The van der Waals surface area contributed by atoms with Crippen molar-refractivity contribution in [3.8, 4) is 0 Å². The van der Waals surface area contributed by atoms with Crippen molar-refractivity contribution in [2.75, 3.05) is 0 Å². The zero-order valence-electron chi connectivity index (χ0n) is 14.5. The van der Waals surface area contributed by atoms with Gasteiger partial charge in [0.15, 0.2) is 0 Å². The number of thioether (sulfide) groups is 1. The molecule has 1 aromatic heterocycles. The van der Waals surface area contributed by atoms with Crippen molar-refractivity contribution >= 4 is 23.7 Å². The number of carbonyl (C=O) groups excluding carboxylic acids is 2. The molecule has 4 aliphatic carbocycles. The van der Waals surface area contributed by atoms with Crippen molar-refractivity contribution in [1.82, 2.24) is 15.6 Å². The van der Waals surface area contributed by atoms with E-state index in [1.54, 1.807) is 13.1 Å². The van der Waals surface area contributed by atoms with Gasteiger partial charge in [0, 0.05) is 11.7 Å². The molecule has 2 N–H and O–H groups in total. The highest BCUT2D eigenvalue weighted by Gasteiger charge is 2.51. The molecule has 3 amide bonds. The second-order valence-electron chi connectivity index (χ2n) is 8.07. The molecule has 1 heterocycles. The molecule has 4 fully saturated rings. The molecular weight excluding hydrogens is 334 g/mol. The van der Waals surface area contributed by atoms with E-state index in [1.807, 2.05) is 18.2 Å². The first-order chi connectivity index (χ1) is 12.0. The average molecular weight is 359 g/mol. The number of nitrogens with one attached hydrogen (secondary N) is 2. The molecular formula is C19H25N3O2S. The second kappa shape index (κ2) is 6.63. The number of hydrogen-bond acceptors (Lipinski definition) is 4. The highest BCUT2D eigenvalue weighted by atomic mass is 32.2. The fraction of sp³-hybridized carbons (Fsp3) is 0.632. The highest BCUT2D eigenvalue weighted by Crippen LogP contribution is 2.55. The van der Waals surface area contributed by atoms with Gasteiger partial charge in [-0.05, 0) is 75.3 Å². The topological polar surface area (TPSA) is 71.1 Å². The van der Waals surface area contributed by atoms with Crippen molar-refractivity contribution in [1.29, 1.82) is 0 Å². The third-order valence-electron chi connectivity index (χ3n) is 5.96. The molecule has 4 aliphatic rings. The van der Waals surface area contributed by atoms with Gasteiger partial charge in [-0.15, -0.1) is 0 Å². The molecule has 0 aliphatic heterocycles. The van der Waals surface area contributed by atoms with Crippen LogP contribution in [0.4, 0.5) is 4.79 Å². The van der Waals surface area contributed by atoms with Crippen molar-refractivity contribution in [3.63, 3.8) is 0 Å². The summed E-state index contributed by atoms with van der Waals surface area (Å²) in [6.45, 7) is 1.80. The first kappa shape index (κ1) is 16.9. The molecule has 4 saturated carbocycles. The van der Waals surface area contributed by atoms with Crippen LogP contribution in [0.3, 0.4) is 0 Å². The minimum absolute atomic E-state index is 0.0729. The van der Waals surface area contributed by atoms with E-state index in [1.165, 1.54) is 31.0 Å². The van der Waals surface area contributed by atoms with Crippen LogP contribution >= 0.6 is 11.8 Å². The lowest BCUT2D eigenvalue weighted by molar-refractivity contribution is -0.119. The summed E-state index contributed by atoms with van der Waals surface area (Å²) in [6.07, 6.45) is 8.95. The largest absolute Gasteiger partial charge is 0.332 e. The molecule has 134 valence electrons. The standard InChI is InChI=1S/C19H25N3O2S/c1-12(25-16-4-2-3-5-20-16)17(23)21-18(24)22-19-9-13-6-14(10-19)8-15(7-13)11-19/h2-5,12-15H,6-11H2,1H3,(H2,21,22,23,24). The number of imide groups is 1. The van der Waals surface area contributed by atoms with Crippen LogP contribution in [0.1, 0.15) is 45.4 Å². The van der Waals surface area contributed by atoms with Crippen LogP contribution in [0.15, 0.2) is 29.4 Å². The quantitative estimate of drug-likeness (QED) is 0.809. The number of nitrogens with zero attached hydrogens (tertiary/aromatic N) is 1. The number of hydrogen-bond donors (Lipinski definition) is 2. The van der Waals surface area contributed by atoms with Gasteiger partial charge < -0.3 is 5.32 Å². The van der Waals surface area contributed by atoms with Crippen LogP contribution in [0.5, 0.6) is 0 Å². The predicted molar refractivity (Wildman–Crippen MR) is 97.1 cm³/mol. The summed E-state index contributed by atoms with van der Waals surface area (Å²) < 4.78 is 0. The van der Waals surface area contributed by atoms with Gasteiger partial charge in [-0.2, -0.15) is 0 Å². The van der Waals surface area contributed by atoms with Crippen LogP contribution in [0.25, 0.3) is 0 Å². The fourth-order valence-electron chi connectivity index (χ4n) is 5.40. The van der Waals surface area contributed by atoms with Gasteiger partial charge in [0.05, 0.1) is 10.3 Å². The molecule has 1 atom stereocenters. The van der Waals surface area contributed by atoms with Crippen LogP contribution in [-0.2, 0) is 4.79 Å². The molecule has 1 aromatic rings. The Kier molecular flexibility index (Phi) is 4.48. The van der Waals surface area contributed by atoms with E-state index >= 15 is 0 Å². The lowest BCUT2D eigenvalue weighted by Gasteiger charge is -2.56. The number of aromatic nitrogens is 1. The summed E-state index contributed by atoms with van der Waals surface area (Å²) in [5.74, 6) is 2.03. The van der Waals surface area contributed by atoms with E-state index in [9.17, 15) is 9.59 Å². The number of urea groups is 1. The lowest BCUT2D eigenvalue weighted by Crippen LogP contribution is -2.62. The van der Waals surface area contributed by atoms with E-state index < -0.39 is 0 Å². The predicted octanol–water partition coefficient (Wildman–Crippen LogP) is 3.36. The maximum Gasteiger partial charge on any atom is 0.321 e. The van der Waals surface area contributed by atoms with E-state index in [4.69, 9.17) is 0 Å². The molecule has 0 saturated heterocycles. The summed E-state index contributed by atoms with van der Waals surface area (Å²) in [5.41, 5.74) is -0.0729. The number of amides is 3. The van der Waals surface area contributed by atoms with E-state index in [0.29, 0.717) is 0 Å². The monoisotopic (exact) mass is 359 g/mol. The van der Waals surface area contributed by atoms with Gasteiger partial charge in [0.1, 0.15) is 0 Å². The highest BCUT2D eigenvalue weighted by molar-refractivity contribution is 8.00. The Morgan fingerprint density at radius 3 is 2.36 bits per heavy atom. The molecule has 5 nitrogen and oxygen atoms in total. The summed E-state index contributed by atoms with van der Waals surface area (Å²) in [7, 11) is 0. The van der Waals surface area contributed by atoms with Crippen LogP contribution < -0.4 is 10.6 Å². The summed E-state index contributed by atoms with van der Waals surface area (Å²) in [6, 6.07) is 5.26. The Bertz CT molecular complexity index is 629. The first-order valence-corrected chi connectivity index (χ1v) is 10.1. The Balaban J connectivity index is 1.32.